The van der Waals surface area contributed by atoms with Crippen LogP contribution in [0.25, 0.3) is 22.4 Å². The summed E-state index contributed by atoms with van der Waals surface area (Å²) >= 11 is 0. The molecular weight excluding hydrogens is 534 g/mol. The van der Waals surface area contributed by atoms with E-state index in [1.807, 2.05) is 20.9 Å². The van der Waals surface area contributed by atoms with Gasteiger partial charge in [-0.15, -0.1) is 0 Å². The van der Waals surface area contributed by atoms with Crippen molar-refractivity contribution in [3.05, 3.63) is 46.4 Å². The second-order valence-electron chi connectivity index (χ2n) is 9.98. The van der Waals surface area contributed by atoms with Gasteiger partial charge in [-0.1, -0.05) is 20.3 Å². The number of benzene rings is 1. The SMILES string of the molecule is CCCOc1ccc(S(=O)(=O)N2CCN(C)CC2)cc1-c1nc2c(CCC)nn(Cc3ncnn3C)c2c(=O)[nH]1. The molecule has 0 atom stereocenters. The zero-order chi connectivity index (χ0) is 28.4. The van der Waals surface area contributed by atoms with Crippen molar-refractivity contribution in [1.29, 1.82) is 0 Å². The summed E-state index contributed by atoms with van der Waals surface area (Å²) in [5.41, 5.74) is 1.50. The number of hydrogen-bond donors (Lipinski definition) is 1. The predicted octanol–water partition coefficient (Wildman–Crippen LogP) is 1.64. The van der Waals surface area contributed by atoms with Crippen LogP contribution in [0.5, 0.6) is 5.75 Å². The lowest BCUT2D eigenvalue weighted by molar-refractivity contribution is 0.222. The van der Waals surface area contributed by atoms with Gasteiger partial charge >= 0.3 is 0 Å². The zero-order valence-corrected chi connectivity index (χ0v) is 24.1. The van der Waals surface area contributed by atoms with Crippen molar-refractivity contribution in [3.8, 4) is 17.1 Å². The maximum atomic E-state index is 13.6. The molecule has 1 aliphatic rings. The first-order chi connectivity index (χ1) is 19.2. The Labute approximate surface area is 232 Å². The average Bonchev–Trinajstić information content (AvgIpc) is 3.50. The fraction of sp³-hybridized carbons (Fsp3) is 0.500. The first-order valence-corrected chi connectivity index (χ1v) is 14.9. The summed E-state index contributed by atoms with van der Waals surface area (Å²) in [5, 5.41) is 8.81. The van der Waals surface area contributed by atoms with Gasteiger partial charge in [0.05, 0.1) is 22.8 Å². The molecule has 5 rings (SSSR count). The Morgan fingerprint density at radius 2 is 1.85 bits per heavy atom. The number of nitrogens with zero attached hydrogens (tertiary/aromatic N) is 8. The highest BCUT2D eigenvalue weighted by Gasteiger charge is 2.29. The Morgan fingerprint density at radius 3 is 2.52 bits per heavy atom. The van der Waals surface area contributed by atoms with E-state index in [0.29, 0.717) is 73.1 Å². The molecule has 4 aromatic rings. The third-order valence-corrected chi connectivity index (χ3v) is 8.91. The zero-order valence-electron chi connectivity index (χ0n) is 23.3. The van der Waals surface area contributed by atoms with Gasteiger partial charge in [0.2, 0.25) is 10.0 Å². The lowest BCUT2D eigenvalue weighted by Crippen LogP contribution is -2.47. The van der Waals surface area contributed by atoms with Crippen LogP contribution in [0.1, 0.15) is 38.2 Å². The van der Waals surface area contributed by atoms with E-state index in [9.17, 15) is 13.2 Å². The van der Waals surface area contributed by atoms with Crippen LogP contribution in [0.2, 0.25) is 0 Å². The van der Waals surface area contributed by atoms with E-state index in [-0.39, 0.29) is 22.8 Å². The van der Waals surface area contributed by atoms with Crippen LogP contribution in [-0.2, 0) is 30.0 Å². The van der Waals surface area contributed by atoms with E-state index in [0.717, 1.165) is 12.8 Å². The standard InChI is InChI=1S/C26H35N9O4S/c1-5-7-20-23-24(35(31-20)16-22-27-17-28-33(22)4)26(36)30-25(29-23)19-15-18(8-9-21(19)39-14-6-2)40(37,38)34-12-10-32(3)11-13-34/h8-9,15,17H,5-7,10-14,16H2,1-4H3,(H,29,30,36). The van der Waals surface area contributed by atoms with Crippen LogP contribution in [0.4, 0.5) is 0 Å². The number of piperazine rings is 1. The van der Waals surface area contributed by atoms with E-state index in [1.165, 1.54) is 10.6 Å². The molecule has 13 nitrogen and oxygen atoms in total. The summed E-state index contributed by atoms with van der Waals surface area (Å²) in [4.78, 5) is 27.7. The smallest absolute Gasteiger partial charge is 0.277 e. The highest BCUT2D eigenvalue weighted by atomic mass is 32.2. The normalized spacial score (nSPS) is 15.2. The first kappa shape index (κ1) is 27.9. The van der Waals surface area contributed by atoms with Gasteiger partial charge in [0.15, 0.2) is 5.52 Å². The number of aryl methyl sites for hydroxylation is 2. The fourth-order valence-electron chi connectivity index (χ4n) is 4.77. The van der Waals surface area contributed by atoms with Gasteiger partial charge in [-0.05, 0) is 38.1 Å². The lowest BCUT2D eigenvalue weighted by atomic mass is 10.1. The number of H-pyrrole nitrogens is 1. The van der Waals surface area contributed by atoms with Gasteiger partial charge < -0.3 is 14.6 Å². The van der Waals surface area contributed by atoms with Gasteiger partial charge in [0, 0.05) is 33.2 Å². The van der Waals surface area contributed by atoms with Crippen molar-refractivity contribution in [2.75, 3.05) is 39.8 Å². The molecular formula is C26H35N9O4S. The second-order valence-corrected chi connectivity index (χ2v) is 11.9. The Bertz CT molecular complexity index is 1670. The van der Waals surface area contributed by atoms with Crippen LogP contribution in [0.3, 0.4) is 0 Å². The number of aromatic amines is 1. The molecule has 1 fully saturated rings. The van der Waals surface area contributed by atoms with Crippen molar-refractivity contribution in [1.82, 2.24) is 43.7 Å². The Kier molecular flexibility index (Phi) is 8.01. The molecule has 0 unspecified atom stereocenters. The van der Waals surface area contributed by atoms with Gasteiger partial charge in [-0.2, -0.15) is 14.5 Å². The van der Waals surface area contributed by atoms with Crippen molar-refractivity contribution in [3.63, 3.8) is 0 Å². The lowest BCUT2D eigenvalue weighted by Gasteiger charge is -2.31. The third kappa shape index (κ3) is 5.38. The molecule has 14 heteroatoms. The summed E-state index contributed by atoms with van der Waals surface area (Å²) in [6.07, 6.45) is 3.65. The van der Waals surface area contributed by atoms with Crippen molar-refractivity contribution in [2.45, 2.75) is 44.6 Å². The molecule has 0 bridgehead atoms. The number of aromatic nitrogens is 7. The number of nitrogens with one attached hydrogen (secondary N) is 1. The Hall–Kier alpha value is -3.62. The Morgan fingerprint density at radius 1 is 1.07 bits per heavy atom. The maximum absolute atomic E-state index is 13.6. The van der Waals surface area contributed by atoms with Gasteiger partial charge in [-0.3, -0.25) is 9.48 Å². The number of hydrogen-bond acceptors (Lipinski definition) is 9. The minimum Gasteiger partial charge on any atom is -0.493 e. The van der Waals surface area contributed by atoms with E-state index >= 15 is 0 Å². The van der Waals surface area contributed by atoms with Crippen LogP contribution in [0.15, 0.2) is 34.2 Å². The molecule has 1 aromatic carbocycles. The molecule has 4 heterocycles. The molecule has 214 valence electrons. The predicted molar refractivity (Wildman–Crippen MR) is 150 cm³/mol. The number of fused-ring (bicyclic) bond motifs is 1. The second kappa shape index (κ2) is 11.5. The molecule has 1 saturated heterocycles. The summed E-state index contributed by atoms with van der Waals surface area (Å²) < 4.78 is 37.8. The van der Waals surface area contributed by atoms with Gasteiger partial charge in [0.25, 0.3) is 5.56 Å². The summed E-state index contributed by atoms with van der Waals surface area (Å²) in [6.45, 7) is 6.85. The number of sulfonamides is 1. The molecule has 1 aliphatic heterocycles. The highest BCUT2D eigenvalue weighted by molar-refractivity contribution is 7.89. The third-order valence-electron chi connectivity index (χ3n) is 7.02. The molecule has 0 saturated carbocycles. The minimum absolute atomic E-state index is 0.130. The first-order valence-electron chi connectivity index (χ1n) is 13.5. The summed E-state index contributed by atoms with van der Waals surface area (Å²) in [6, 6.07) is 4.75. The maximum Gasteiger partial charge on any atom is 0.277 e. The van der Waals surface area contributed by atoms with Crippen LogP contribution < -0.4 is 10.3 Å². The topological polar surface area (TPSA) is 144 Å². The monoisotopic (exact) mass is 569 g/mol. The molecule has 1 N–H and O–H groups in total. The van der Waals surface area contributed by atoms with Crippen molar-refractivity contribution in [2.24, 2.45) is 7.05 Å². The fourth-order valence-corrected chi connectivity index (χ4v) is 6.21. The number of ether oxygens (including phenoxy) is 1. The van der Waals surface area contributed by atoms with Gasteiger partial charge in [0.1, 0.15) is 35.8 Å². The van der Waals surface area contributed by atoms with Crippen LogP contribution in [0, 0.1) is 0 Å². The molecule has 3 aromatic heterocycles. The van der Waals surface area contributed by atoms with Gasteiger partial charge in [-0.25, -0.2) is 23.1 Å². The van der Waals surface area contributed by atoms with E-state index < -0.39 is 10.0 Å². The number of rotatable bonds is 10. The quantitative estimate of drug-likeness (QED) is 0.301. The van der Waals surface area contributed by atoms with Crippen LogP contribution in [-0.4, -0.2) is 92.0 Å². The number of likely N-dealkylation sites (N-methyl/N-ethyl adjacent to an activating group) is 1. The minimum atomic E-state index is -3.75. The Balaban J connectivity index is 1.63. The highest BCUT2D eigenvalue weighted by Crippen LogP contribution is 2.32. The van der Waals surface area contributed by atoms with Crippen molar-refractivity contribution < 1.29 is 13.2 Å². The average molecular weight is 570 g/mol. The van der Waals surface area contributed by atoms with E-state index in [1.54, 1.807) is 34.6 Å². The van der Waals surface area contributed by atoms with E-state index in [2.05, 4.69) is 20.0 Å². The molecule has 0 aliphatic carbocycles. The molecule has 0 spiro atoms. The largest absolute Gasteiger partial charge is 0.493 e. The van der Waals surface area contributed by atoms with Crippen molar-refractivity contribution >= 4 is 21.1 Å². The summed E-state index contributed by atoms with van der Waals surface area (Å²) in [5.74, 6) is 1.33. The molecule has 0 amide bonds. The van der Waals surface area contributed by atoms with Crippen LogP contribution >= 0.6 is 0 Å². The van der Waals surface area contributed by atoms with E-state index in [4.69, 9.17) is 14.8 Å². The molecule has 0 radical (unpaired) electrons. The summed E-state index contributed by atoms with van der Waals surface area (Å²) in [7, 11) is 0.00283. The molecule has 40 heavy (non-hydrogen) atoms.